The summed E-state index contributed by atoms with van der Waals surface area (Å²) in [5, 5.41) is 19.7. The molecule has 0 saturated heterocycles. The SMILES string of the molecule is O=C(O)c1cc(Sc2ccccc2)ccc1[N+](=O)[O-]. The highest BCUT2D eigenvalue weighted by atomic mass is 32.2. The van der Waals surface area contributed by atoms with Crippen molar-refractivity contribution in [1.82, 2.24) is 0 Å². The van der Waals surface area contributed by atoms with Crippen molar-refractivity contribution >= 4 is 23.4 Å². The molecule has 6 heteroatoms. The first-order chi connectivity index (χ1) is 9.08. The summed E-state index contributed by atoms with van der Waals surface area (Å²) in [7, 11) is 0. The second kappa shape index (κ2) is 5.53. The fourth-order valence-electron chi connectivity index (χ4n) is 1.53. The van der Waals surface area contributed by atoms with Crippen molar-refractivity contribution in [3.63, 3.8) is 0 Å². The van der Waals surface area contributed by atoms with Crippen LogP contribution in [-0.2, 0) is 0 Å². The Hall–Kier alpha value is -2.34. The first-order valence-electron chi connectivity index (χ1n) is 5.32. The second-order valence-corrected chi connectivity index (χ2v) is 4.80. The monoisotopic (exact) mass is 275 g/mol. The number of nitro benzene ring substituents is 1. The Kier molecular flexibility index (Phi) is 3.82. The van der Waals surface area contributed by atoms with Gasteiger partial charge in [0.25, 0.3) is 5.69 Å². The van der Waals surface area contributed by atoms with E-state index in [2.05, 4.69) is 0 Å². The Morgan fingerprint density at radius 3 is 2.37 bits per heavy atom. The molecule has 0 saturated carbocycles. The van der Waals surface area contributed by atoms with Crippen molar-refractivity contribution in [3.05, 3.63) is 64.2 Å². The van der Waals surface area contributed by atoms with Gasteiger partial charge in [0, 0.05) is 15.9 Å². The maximum Gasteiger partial charge on any atom is 0.342 e. The molecular formula is C13H9NO4S. The Morgan fingerprint density at radius 1 is 1.11 bits per heavy atom. The number of carboxylic acid groups (broad SMARTS) is 1. The third kappa shape index (κ3) is 3.11. The first kappa shape index (κ1) is 13.1. The van der Waals surface area contributed by atoms with Gasteiger partial charge in [-0.15, -0.1) is 0 Å². The molecule has 1 N–H and O–H groups in total. The number of rotatable bonds is 4. The number of carboxylic acids is 1. The van der Waals surface area contributed by atoms with E-state index in [1.54, 1.807) is 6.07 Å². The number of hydrogen-bond acceptors (Lipinski definition) is 4. The van der Waals surface area contributed by atoms with Crippen LogP contribution in [0.4, 0.5) is 5.69 Å². The van der Waals surface area contributed by atoms with E-state index in [1.165, 1.54) is 23.9 Å². The van der Waals surface area contributed by atoms with Gasteiger partial charge in [-0.3, -0.25) is 10.1 Å². The molecule has 5 nitrogen and oxygen atoms in total. The summed E-state index contributed by atoms with van der Waals surface area (Å²) in [6.07, 6.45) is 0. The van der Waals surface area contributed by atoms with E-state index < -0.39 is 16.6 Å². The molecule has 2 rings (SSSR count). The van der Waals surface area contributed by atoms with Crippen LogP contribution in [0, 0.1) is 10.1 Å². The van der Waals surface area contributed by atoms with Gasteiger partial charge in [0.2, 0.25) is 0 Å². The molecule has 2 aromatic carbocycles. The lowest BCUT2D eigenvalue weighted by atomic mass is 10.2. The Labute approximate surface area is 113 Å². The van der Waals surface area contributed by atoms with Crippen LogP contribution in [0.2, 0.25) is 0 Å². The number of benzene rings is 2. The molecular weight excluding hydrogens is 266 g/mol. The lowest BCUT2D eigenvalue weighted by molar-refractivity contribution is -0.385. The molecule has 96 valence electrons. The maximum atomic E-state index is 11.0. The molecule has 0 spiro atoms. The van der Waals surface area contributed by atoms with Crippen molar-refractivity contribution in [2.75, 3.05) is 0 Å². The molecule has 0 bridgehead atoms. The molecule has 0 aliphatic rings. The predicted molar refractivity (Wildman–Crippen MR) is 70.6 cm³/mol. The molecule has 0 atom stereocenters. The number of nitro groups is 1. The highest BCUT2D eigenvalue weighted by Gasteiger charge is 2.20. The van der Waals surface area contributed by atoms with E-state index in [1.807, 2.05) is 30.3 Å². The third-order valence-corrected chi connectivity index (χ3v) is 3.37. The normalized spacial score (nSPS) is 10.1. The van der Waals surface area contributed by atoms with Crippen LogP contribution in [0.25, 0.3) is 0 Å². The number of carbonyl (C=O) groups is 1. The van der Waals surface area contributed by atoms with Crippen molar-refractivity contribution in [3.8, 4) is 0 Å². The average molecular weight is 275 g/mol. The van der Waals surface area contributed by atoms with Crippen LogP contribution >= 0.6 is 11.8 Å². The first-order valence-corrected chi connectivity index (χ1v) is 6.14. The lowest BCUT2D eigenvalue weighted by Gasteiger charge is -2.03. The topological polar surface area (TPSA) is 80.4 Å². The zero-order valence-electron chi connectivity index (χ0n) is 9.65. The highest BCUT2D eigenvalue weighted by molar-refractivity contribution is 7.99. The van der Waals surface area contributed by atoms with Crippen molar-refractivity contribution in [1.29, 1.82) is 0 Å². The summed E-state index contributed by atoms with van der Waals surface area (Å²) in [5.74, 6) is -1.30. The minimum atomic E-state index is -1.30. The molecule has 19 heavy (non-hydrogen) atoms. The summed E-state index contributed by atoms with van der Waals surface area (Å²) in [4.78, 5) is 22.6. The molecule has 0 amide bonds. The summed E-state index contributed by atoms with van der Waals surface area (Å²) >= 11 is 1.35. The Balaban J connectivity index is 2.36. The van der Waals surface area contributed by atoms with E-state index in [4.69, 9.17) is 5.11 Å². The van der Waals surface area contributed by atoms with Gasteiger partial charge < -0.3 is 5.11 Å². The molecule has 0 radical (unpaired) electrons. The number of aromatic carboxylic acids is 1. The molecule has 0 aliphatic carbocycles. The van der Waals surface area contributed by atoms with E-state index >= 15 is 0 Å². The van der Waals surface area contributed by atoms with Gasteiger partial charge in [-0.25, -0.2) is 4.79 Å². The second-order valence-electron chi connectivity index (χ2n) is 3.66. The molecule has 0 fully saturated rings. The summed E-state index contributed by atoms with van der Waals surface area (Å²) in [6.45, 7) is 0. The molecule has 2 aromatic rings. The summed E-state index contributed by atoms with van der Waals surface area (Å²) in [5.41, 5.74) is -0.698. The predicted octanol–water partition coefficient (Wildman–Crippen LogP) is 3.44. The largest absolute Gasteiger partial charge is 0.477 e. The summed E-state index contributed by atoms with van der Waals surface area (Å²) < 4.78 is 0. The Morgan fingerprint density at radius 2 is 1.79 bits per heavy atom. The number of nitrogens with zero attached hydrogens (tertiary/aromatic N) is 1. The quantitative estimate of drug-likeness (QED) is 0.682. The molecule has 0 unspecified atom stereocenters. The fourth-order valence-corrected chi connectivity index (χ4v) is 2.41. The number of hydrogen-bond donors (Lipinski definition) is 1. The van der Waals surface area contributed by atoms with E-state index in [-0.39, 0.29) is 5.56 Å². The maximum absolute atomic E-state index is 11.0. The smallest absolute Gasteiger partial charge is 0.342 e. The Bertz CT molecular complexity index is 628. The van der Waals surface area contributed by atoms with E-state index in [9.17, 15) is 14.9 Å². The van der Waals surface area contributed by atoms with Gasteiger partial charge in [0.15, 0.2) is 0 Å². The zero-order valence-corrected chi connectivity index (χ0v) is 10.5. The van der Waals surface area contributed by atoms with E-state index in [0.717, 1.165) is 4.90 Å². The van der Waals surface area contributed by atoms with Gasteiger partial charge >= 0.3 is 5.97 Å². The molecule has 0 aromatic heterocycles. The molecule has 0 heterocycles. The van der Waals surface area contributed by atoms with Crippen LogP contribution in [0.3, 0.4) is 0 Å². The van der Waals surface area contributed by atoms with Crippen LogP contribution in [-0.4, -0.2) is 16.0 Å². The van der Waals surface area contributed by atoms with E-state index in [0.29, 0.717) is 4.90 Å². The minimum Gasteiger partial charge on any atom is -0.477 e. The van der Waals surface area contributed by atoms with Crippen LogP contribution in [0.5, 0.6) is 0 Å². The van der Waals surface area contributed by atoms with Crippen LogP contribution in [0.1, 0.15) is 10.4 Å². The van der Waals surface area contributed by atoms with Gasteiger partial charge in [0.05, 0.1) is 4.92 Å². The fraction of sp³-hybridized carbons (Fsp3) is 0. The standard InChI is InChI=1S/C13H9NO4S/c15-13(16)11-8-10(6-7-12(11)14(17)18)19-9-4-2-1-3-5-9/h1-8H,(H,15,16). The van der Waals surface area contributed by atoms with Gasteiger partial charge in [-0.1, -0.05) is 30.0 Å². The molecule has 0 aliphatic heterocycles. The highest BCUT2D eigenvalue weighted by Crippen LogP contribution is 2.31. The van der Waals surface area contributed by atoms with Crippen molar-refractivity contribution in [2.24, 2.45) is 0 Å². The van der Waals surface area contributed by atoms with Gasteiger partial charge in [-0.05, 0) is 24.3 Å². The van der Waals surface area contributed by atoms with Gasteiger partial charge in [-0.2, -0.15) is 0 Å². The van der Waals surface area contributed by atoms with Crippen LogP contribution < -0.4 is 0 Å². The average Bonchev–Trinajstić information content (AvgIpc) is 2.39. The third-order valence-electron chi connectivity index (χ3n) is 2.37. The summed E-state index contributed by atoms with van der Waals surface area (Å²) in [6, 6.07) is 13.5. The van der Waals surface area contributed by atoms with Crippen molar-refractivity contribution in [2.45, 2.75) is 9.79 Å². The van der Waals surface area contributed by atoms with Crippen LogP contribution in [0.15, 0.2) is 58.3 Å². The van der Waals surface area contributed by atoms with Crippen molar-refractivity contribution < 1.29 is 14.8 Å². The minimum absolute atomic E-state index is 0.300. The zero-order chi connectivity index (χ0) is 13.8. The van der Waals surface area contributed by atoms with Gasteiger partial charge in [0.1, 0.15) is 5.56 Å². The lowest BCUT2D eigenvalue weighted by Crippen LogP contribution is -2.02.